The maximum atomic E-state index is 13.2. The van der Waals surface area contributed by atoms with Crippen LogP contribution in [-0.4, -0.2) is 30.6 Å². The van der Waals surface area contributed by atoms with E-state index in [1.165, 1.54) is 16.9 Å². The highest BCUT2D eigenvalue weighted by molar-refractivity contribution is 7.22. The van der Waals surface area contributed by atoms with Gasteiger partial charge in [-0.25, -0.2) is 0 Å². The molecule has 1 N–H and O–H groups in total. The number of carbonyl (C=O) groups is 1. The van der Waals surface area contributed by atoms with Crippen molar-refractivity contribution < 1.29 is 9.53 Å². The molecule has 0 radical (unpaired) electrons. The van der Waals surface area contributed by atoms with E-state index in [0.717, 1.165) is 45.0 Å². The summed E-state index contributed by atoms with van der Waals surface area (Å²) in [5, 5.41) is 5.66. The molecule has 0 fully saturated rings. The van der Waals surface area contributed by atoms with Crippen molar-refractivity contribution in [3.8, 4) is 11.1 Å². The van der Waals surface area contributed by atoms with Crippen LogP contribution in [0.15, 0.2) is 48.7 Å². The van der Waals surface area contributed by atoms with Gasteiger partial charge in [0, 0.05) is 52.0 Å². The predicted molar refractivity (Wildman–Crippen MR) is 130 cm³/mol. The van der Waals surface area contributed by atoms with Gasteiger partial charge in [-0.3, -0.25) is 9.78 Å². The molecule has 160 valence electrons. The van der Waals surface area contributed by atoms with Crippen LogP contribution in [0.3, 0.4) is 0 Å². The number of thiophene rings is 1. The molecule has 6 heteroatoms. The topological polar surface area (TPSA) is 51.2 Å². The zero-order valence-corrected chi connectivity index (χ0v) is 19.3. The number of nitrogens with one attached hydrogen (secondary N) is 1. The number of hydrogen-bond acceptors (Lipinski definition) is 4. The maximum absolute atomic E-state index is 13.2. The molecule has 0 aliphatic carbocycles. The van der Waals surface area contributed by atoms with E-state index in [1.807, 2.05) is 31.3 Å². The van der Waals surface area contributed by atoms with E-state index in [-0.39, 0.29) is 5.91 Å². The summed E-state index contributed by atoms with van der Waals surface area (Å²) in [6, 6.07) is 14.1. The quantitative estimate of drug-likeness (QED) is 0.311. The van der Waals surface area contributed by atoms with Crippen LogP contribution in [0.5, 0.6) is 0 Å². The zero-order chi connectivity index (χ0) is 21.8. The SMILES string of the molecule is CCOCCCNC(=O)c1sc2c(cnc3ccc(Cl)cc32)c1-c1ccc(CC)cc1. The summed E-state index contributed by atoms with van der Waals surface area (Å²) in [5.74, 6) is -0.0672. The molecule has 4 nitrogen and oxygen atoms in total. The molecule has 0 aliphatic rings. The standard InChI is InChI=1S/C25H25ClN2O2S/c1-3-16-6-8-17(9-7-16)22-20-15-28-21-11-10-18(26)14-19(21)23(20)31-24(22)25(29)27-12-5-13-30-4-2/h6-11,14-15H,3-5,12-13H2,1-2H3,(H,27,29). The zero-order valence-electron chi connectivity index (χ0n) is 17.7. The Kier molecular flexibility index (Phi) is 6.86. The van der Waals surface area contributed by atoms with Gasteiger partial charge < -0.3 is 10.1 Å². The van der Waals surface area contributed by atoms with Crippen LogP contribution in [0.1, 0.15) is 35.5 Å². The Morgan fingerprint density at radius 1 is 1.13 bits per heavy atom. The van der Waals surface area contributed by atoms with Crippen LogP contribution in [0, 0.1) is 0 Å². The van der Waals surface area contributed by atoms with Gasteiger partial charge in [0.15, 0.2) is 0 Å². The molecule has 2 aromatic carbocycles. The fraction of sp³-hybridized carbons (Fsp3) is 0.280. The van der Waals surface area contributed by atoms with Crippen molar-refractivity contribution in [2.24, 2.45) is 0 Å². The predicted octanol–water partition coefficient (Wildman–Crippen LogP) is 6.49. The third-order valence-electron chi connectivity index (χ3n) is 5.29. The molecule has 31 heavy (non-hydrogen) atoms. The fourth-order valence-electron chi connectivity index (χ4n) is 3.66. The molecular formula is C25H25ClN2O2S. The molecule has 0 spiro atoms. The second-order valence-electron chi connectivity index (χ2n) is 7.33. The number of aromatic nitrogens is 1. The lowest BCUT2D eigenvalue weighted by atomic mass is 9.99. The van der Waals surface area contributed by atoms with Gasteiger partial charge in [-0.2, -0.15) is 0 Å². The molecule has 4 aromatic rings. The summed E-state index contributed by atoms with van der Waals surface area (Å²) in [4.78, 5) is 18.5. The van der Waals surface area contributed by atoms with Crippen LogP contribution >= 0.6 is 22.9 Å². The summed E-state index contributed by atoms with van der Waals surface area (Å²) in [6.45, 7) is 6.00. The van der Waals surface area contributed by atoms with Gasteiger partial charge in [-0.1, -0.05) is 42.8 Å². The van der Waals surface area contributed by atoms with Gasteiger partial charge in [-0.15, -0.1) is 11.3 Å². The molecule has 0 bridgehead atoms. The van der Waals surface area contributed by atoms with Crippen LogP contribution in [0.2, 0.25) is 5.02 Å². The van der Waals surface area contributed by atoms with Crippen LogP contribution in [-0.2, 0) is 11.2 Å². The number of fused-ring (bicyclic) bond motifs is 3. The molecule has 0 unspecified atom stereocenters. The Bertz CT molecular complexity index is 1220. The number of hydrogen-bond donors (Lipinski definition) is 1. The minimum atomic E-state index is -0.0672. The molecule has 1 amide bonds. The number of ether oxygens (including phenoxy) is 1. The number of pyridine rings is 1. The smallest absolute Gasteiger partial charge is 0.262 e. The second-order valence-corrected chi connectivity index (χ2v) is 8.78. The van der Waals surface area contributed by atoms with E-state index >= 15 is 0 Å². The Labute approximate surface area is 191 Å². The Hall–Kier alpha value is -2.47. The Balaban J connectivity index is 1.81. The Morgan fingerprint density at radius 2 is 1.94 bits per heavy atom. The third kappa shape index (κ3) is 4.59. The number of carbonyl (C=O) groups excluding carboxylic acids is 1. The van der Waals surface area contributed by atoms with Crippen LogP contribution < -0.4 is 5.32 Å². The number of amides is 1. The lowest BCUT2D eigenvalue weighted by Crippen LogP contribution is -2.24. The summed E-state index contributed by atoms with van der Waals surface area (Å²) >= 11 is 7.78. The monoisotopic (exact) mass is 452 g/mol. The second kappa shape index (κ2) is 9.77. The first-order valence-corrected chi connectivity index (χ1v) is 11.8. The number of nitrogens with zero attached hydrogens (tertiary/aromatic N) is 1. The minimum Gasteiger partial charge on any atom is -0.382 e. The number of aryl methyl sites for hydroxylation is 1. The average Bonchev–Trinajstić information content (AvgIpc) is 3.19. The number of benzene rings is 2. The molecule has 2 aromatic heterocycles. The average molecular weight is 453 g/mol. The summed E-state index contributed by atoms with van der Waals surface area (Å²) < 4.78 is 6.40. The van der Waals surface area contributed by atoms with Gasteiger partial charge in [0.25, 0.3) is 5.91 Å². The molecule has 4 rings (SSSR count). The van der Waals surface area contributed by atoms with Gasteiger partial charge in [0.1, 0.15) is 4.88 Å². The highest BCUT2D eigenvalue weighted by Gasteiger charge is 2.21. The first kappa shape index (κ1) is 21.8. The van der Waals surface area contributed by atoms with Gasteiger partial charge >= 0.3 is 0 Å². The van der Waals surface area contributed by atoms with E-state index in [2.05, 4.69) is 41.5 Å². The summed E-state index contributed by atoms with van der Waals surface area (Å²) in [5.41, 5.74) is 4.08. The molecule has 0 aliphatic heterocycles. The van der Waals surface area contributed by atoms with Crippen molar-refractivity contribution in [2.45, 2.75) is 26.7 Å². The van der Waals surface area contributed by atoms with Crippen molar-refractivity contribution in [2.75, 3.05) is 19.8 Å². The first-order chi connectivity index (χ1) is 15.1. The lowest BCUT2D eigenvalue weighted by Gasteiger charge is -2.08. The van der Waals surface area contributed by atoms with Gasteiger partial charge in [0.05, 0.1) is 5.52 Å². The summed E-state index contributed by atoms with van der Waals surface area (Å²) in [6.07, 6.45) is 3.63. The normalized spacial score (nSPS) is 11.3. The van der Waals surface area contributed by atoms with Crippen molar-refractivity contribution in [3.05, 3.63) is 64.1 Å². The van der Waals surface area contributed by atoms with E-state index in [0.29, 0.717) is 29.7 Å². The minimum absolute atomic E-state index is 0.0672. The lowest BCUT2D eigenvalue weighted by molar-refractivity contribution is 0.0949. The highest BCUT2D eigenvalue weighted by atomic mass is 35.5. The molecule has 0 saturated heterocycles. The molecule has 2 heterocycles. The first-order valence-electron chi connectivity index (χ1n) is 10.6. The molecule has 0 atom stereocenters. The van der Waals surface area contributed by atoms with Crippen molar-refractivity contribution in [3.63, 3.8) is 0 Å². The van der Waals surface area contributed by atoms with Crippen molar-refractivity contribution in [1.82, 2.24) is 10.3 Å². The fourth-order valence-corrected chi connectivity index (χ4v) is 5.07. The maximum Gasteiger partial charge on any atom is 0.262 e. The van der Waals surface area contributed by atoms with E-state index in [9.17, 15) is 4.79 Å². The third-order valence-corrected chi connectivity index (χ3v) is 6.77. The van der Waals surface area contributed by atoms with Crippen LogP contribution in [0.25, 0.3) is 32.1 Å². The largest absolute Gasteiger partial charge is 0.382 e. The number of halogens is 1. The van der Waals surface area contributed by atoms with Gasteiger partial charge in [-0.05, 0) is 49.1 Å². The van der Waals surface area contributed by atoms with Crippen LogP contribution in [0.4, 0.5) is 0 Å². The van der Waals surface area contributed by atoms with E-state index < -0.39 is 0 Å². The molecule has 0 saturated carbocycles. The van der Waals surface area contributed by atoms with E-state index in [4.69, 9.17) is 16.3 Å². The van der Waals surface area contributed by atoms with Crippen molar-refractivity contribution >= 4 is 49.8 Å². The number of rotatable bonds is 8. The summed E-state index contributed by atoms with van der Waals surface area (Å²) in [7, 11) is 0. The molecular weight excluding hydrogens is 428 g/mol. The van der Waals surface area contributed by atoms with E-state index in [1.54, 1.807) is 0 Å². The Morgan fingerprint density at radius 3 is 2.68 bits per heavy atom. The van der Waals surface area contributed by atoms with Gasteiger partial charge in [0.2, 0.25) is 0 Å². The van der Waals surface area contributed by atoms with Crippen molar-refractivity contribution in [1.29, 1.82) is 0 Å². The highest BCUT2D eigenvalue weighted by Crippen LogP contribution is 2.42.